The Bertz CT molecular complexity index is 954. The number of carboxylic acid groups (broad SMARTS) is 1. The number of unbranched alkanes of at least 4 members (excludes halogenated alkanes) is 1. The van der Waals surface area contributed by atoms with Crippen LogP contribution in [-0.2, 0) is 6.54 Å². The Morgan fingerprint density at radius 1 is 1.20 bits per heavy atom. The van der Waals surface area contributed by atoms with Crippen molar-refractivity contribution in [3.63, 3.8) is 0 Å². The lowest BCUT2D eigenvalue weighted by atomic mass is 10.2. The van der Waals surface area contributed by atoms with Crippen LogP contribution in [0, 0.1) is 6.92 Å². The summed E-state index contributed by atoms with van der Waals surface area (Å²) in [5.41, 5.74) is 2.11. The molecule has 0 saturated heterocycles. The second-order valence-electron chi connectivity index (χ2n) is 5.83. The summed E-state index contributed by atoms with van der Waals surface area (Å²) in [6, 6.07) is 12.2. The fourth-order valence-electron chi connectivity index (χ4n) is 2.68. The molecular formula is C19H19NO5. The molecule has 0 fully saturated rings. The molecule has 0 bridgehead atoms. The Balaban J connectivity index is 1.62. The van der Waals surface area contributed by atoms with Crippen molar-refractivity contribution in [3.8, 4) is 5.75 Å². The third-order valence-electron chi connectivity index (χ3n) is 4.04. The van der Waals surface area contributed by atoms with E-state index in [2.05, 4.69) is 0 Å². The highest BCUT2D eigenvalue weighted by Gasteiger charge is 2.12. The number of aromatic carboxylic acids is 1. The van der Waals surface area contributed by atoms with Crippen LogP contribution in [0.4, 0.5) is 0 Å². The van der Waals surface area contributed by atoms with Gasteiger partial charge in [-0.15, -0.1) is 0 Å². The summed E-state index contributed by atoms with van der Waals surface area (Å²) in [5.74, 6) is -0.648. The van der Waals surface area contributed by atoms with Gasteiger partial charge in [0.05, 0.1) is 17.7 Å². The number of nitrogens with zero attached hydrogens (tertiary/aromatic N) is 1. The van der Waals surface area contributed by atoms with E-state index in [1.54, 1.807) is 0 Å². The molecule has 0 amide bonds. The first-order chi connectivity index (χ1) is 12.1. The van der Waals surface area contributed by atoms with E-state index in [1.165, 1.54) is 22.8 Å². The van der Waals surface area contributed by atoms with Crippen molar-refractivity contribution in [2.45, 2.75) is 26.3 Å². The molecule has 0 aliphatic carbocycles. The van der Waals surface area contributed by atoms with Gasteiger partial charge in [-0.05, 0) is 49.6 Å². The van der Waals surface area contributed by atoms with E-state index in [0.717, 1.165) is 24.2 Å². The average molecular weight is 341 g/mol. The number of aromatic nitrogens is 1. The Morgan fingerprint density at radius 3 is 2.76 bits per heavy atom. The Hall–Kier alpha value is -3.02. The monoisotopic (exact) mass is 341 g/mol. The van der Waals surface area contributed by atoms with E-state index >= 15 is 0 Å². The van der Waals surface area contributed by atoms with Gasteiger partial charge in [0, 0.05) is 6.54 Å². The number of hydrogen-bond acceptors (Lipinski definition) is 4. The first-order valence-corrected chi connectivity index (χ1v) is 8.11. The number of carbonyl (C=O) groups is 1. The van der Waals surface area contributed by atoms with Crippen molar-refractivity contribution in [2.24, 2.45) is 0 Å². The zero-order valence-electron chi connectivity index (χ0n) is 13.9. The summed E-state index contributed by atoms with van der Waals surface area (Å²) in [6.45, 7) is 2.99. The van der Waals surface area contributed by atoms with Gasteiger partial charge in [0.25, 0.3) is 0 Å². The molecule has 6 nitrogen and oxygen atoms in total. The number of para-hydroxylation sites is 1. The largest absolute Gasteiger partial charge is 0.493 e. The minimum Gasteiger partial charge on any atom is -0.493 e. The Kier molecular flexibility index (Phi) is 4.88. The van der Waals surface area contributed by atoms with Crippen LogP contribution in [0.3, 0.4) is 0 Å². The standard InChI is InChI=1S/C19H19NO5/c1-13-6-2-3-7-16(13)24-11-5-4-10-20-15-12-14(18(21)22)8-9-17(15)25-19(20)23/h2-3,6-9,12H,4-5,10-11H2,1H3,(H,21,22). The number of fused-ring (bicyclic) bond motifs is 1. The molecule has 130 valence electrons. The summed E-state index contributed by atoms with van der Waals surface area (Å²) >= 11 is 0. The fraction of sp³-hybridized carbons (Fsp3) is 0.263. The zero-order chi connectivity index (χ0) is 17.8. The second-order valence-corrected chi connectivity index (χ2v) is 5.83. The molecule has 0 saturated carbocycles. The van der Waals surface area contributed by atoms with Crippen molar-refractivity contribution < 1.29 is 19.1 Å². The molecule has 1 heterocycles. The first-order valence-electron chi connectivity index (χ1n) is 8.11. The maximum absolute atomic E-state index is 12.0. The highest BCUT2D eigenvalue weighted by atomic mass is 16.5. The molecule has 0 aliphatic heterocycles. The van der Waals surface area contributed by atoms with Crippen molar-refractivity contribution in [3.05, 3.63) is 64.1 Å². The van der Waals surface area contributed by atoms with Gasteiger partial charge in [-0.1, -0.05) is 18.2 Å². The van der Waals surface area contributed by atoms with E-state index in [-0.39, 0.29) is 5.56 Å². The molecule has 0 atom stereocenters. The van der Waals surface area contributed by atoms with Gasteiger partial charge in [0.2, 0.25) is 0 Å². The quantitative estimate of drug-likeness (QED) is 0.666. The Labute approximate surface area is 144 Å². The molecule has 2 aromatic carbocycles. The van der Waals surface area contributed by atoms with Crippen LogP contribution in [-0.4, -0.2) is 22.2 Å². The molecular weight excluding hydrogens is 322 g/mol. The maximum atomic E-state index is 12.0. The molecule has 0 unspecified atom stereocenters. The van der Waals surface area contributed by atoms with Gasteiger partial charge in [-0.25, -0.2) is 9.59 Å². The van der Waals surface area contributed by atoms with Crippen molar-refractivity contribution in [1.82, 2.24) is 4.57 Å². The summed E-state index contributed by atoms with van der Waals surface area (Å²) < 4.78 is 12.4. The summed E-state index contributed by atoms with van der Waals surface area (Å²) in [6.07, 6.45) is 1.49. The maximum Gasteiger partial charge on any atom is 0.419 e. The molecule has 25 heavy (non-hydrogen) atoms. The van der Waals surface area contributed by atoms with Crippen LogP contribution in [0.15, 0.2) is 51.7 Å². The lowest BCUT2D eigenvalue weighted by Gasteiger charge is -2.08. The fourth-order valence-corrected chi connectivity index (χ4v) is 2.68. The van der Waals surface area contributed by atoms with Gasteiger partial charge in [-0.3, -0.25) is 4.57 Å². The van der Waals surface area contributed by atoms with Crippen LogP contribution in [0.5, 0.6) is 5.75 Å². The van der Waals surface area contributed by atoms with Crippen molar-refractivity contribution in [1.29, 1.82) is 0 Å². The minimum absolute atomic E-state index is 0.130. The molecule has 0 spiro atoms. The lowest BCUT2D eigenvalue weighted by molar-refractivity contribution is 0.0697. The number of ether oxygens (including phenoxy) is 1. The van der Waals surface area contributed by atoms with Gasteiger partial charge in [0.1, 0.15) is 5.75 Å². The number of oxazole rings is 1. The average Bonchev–Trinajstić information content (AvgIpc) is 2.91. The second kappa shape index (κ2) is 7.25. The van der Waals surface area contributed by atoms with Crippen molar-refractivity contribution in [2.75, 3.05) is 6.61 Å². The first kappa shape index (κ1) is 16.8. The van der Waals surface area contributed by atoms with E-state index in [0.29, 0.717) is 24.3 Å². The number of aryl methyl sites for hydroxylation is 2. The summed E-state index contributed by atoms with van der Waals surface area (Å²) in [7, 11) is 0. The van der Waals surface area contributed by atoms with Crippen LogP contribution in [0.25, 0.3) is 11.1 Å². The summed E-state index contributed by atoms with van der Waals surface area (Å²) in [4.78, 5) is 23.1. The number of rotatable bonds is 7. The summed E-state index contributed by atoms with van der Waals surface area (Å²) in [5, 5.41) is 9.08. The molecule has 1 aromatic heterocycles. The highest BCUT2D eigenvalue weighted by Crippen LogP contribution is 2.18. The normalized spacial score (nSPS) is 10.9. The number of hydrogen-bond donors (Lipinski definition) is 1. The minimum atomic E-state index is -1.03. The van der Waals surface area contributed by atoms with Gasteiger partial charge in [0.15, 0.2) is 5.58 Å². The molecule has 3 aromatic rings. The lowest BCUT2D eigenvalue weighted by Crippen LogP contribution is -2.15. The molecule has 6 heteroatoms. The van der Waals surface area contributed by atoms with Gasteiger partial charge in [-0.2, -0.15) is 0 Å². The van der Waals surface area contributed by atoms with E-state index < -0.39 is 11.7 Å². The highest BCUT2D eigenvalue weighted by molar-refractivity contribution is 5.91. The molecule has 0 radical (unpaired) electrons. The van der Waals surface area contributed by atoms with Crippen molar-refractivity contribution >= 4 is 17.1 Å². The molecule has 3 rings (SSSR count). The van der Waals surface area contributed by atoms with Crippen LogP contribution < -0.4 is 10.5 Å². The van der Waals surface area contributed by atoms with Gasteiger partial charge < -0.3 is 14.3 Å². The topological polar surface area (TPSA) is 81.7 Å². The van der Waals surface area contributed by atoms with Gasteiger partial charge >= 0.3 is 11.7 Å². The van der Waals surface area contributed by atoms with E-state index in [9.17, 15) is 9.59 Å². The SMILES string of the molecule is Cc1ccccc1OCCCCn1c(=O)oc2ccc(C(=O)O)cc21. The Morgan fingerprint density at radius 2 is 2.00 bits per heavy atom. The van der Waals surface area contributed by atoms with Crippen LogP contribution in [0.1, 0.15) is 28.8 Å². The van der Waals surface area contributed by atoms with Crippen LogP contribution in [0.2, 0.25) is 0 Å². The third kappa shape index (κ3) is 3.74. The predicted octanol–water partition coefficient (Wildman–Crippen LogP) is 3.46. The van der Waals surface area contributed by atoms with E-state index in [4.69, 9.17) is 14.3 Å². The smallest absolute Gasteiger partial charge is 0.419 e. The van der Waals surface area contributed by atoms with Crippen LogP contribution >= 0.6 is 0 Å². The predicted molar refractivity (Wildman–Crippen MR) is 93.3 cm³/mol. The number of benzene rings is 2. The zero-order valence-corrected chi connectivity index (χ0v) is 13.9. The molecule has 0 aliphatic rings. The third-order valence-corrected chi connectivity index (χ3v) is 4.04. The molecule has 1 N–H and O–H groups in total. The van der Waals surface area contributed by atoms with E-state index in [1.807, 2.05) is 31.2 Å². The number of carboxylic acids is 1.